The van der Waals surface area contributed by atoms with Crippen molar-refractivity contribution in [1.29, 1.82) is 0 Å². The van der Waals surface area contributed by atoms with Crippen LogP contribution in [0.25, 0.3) is 0 Å². The molecule has 4 aliphatic carbocycles. The Morgan fingerprint density at radius 1 is 0.621 bits per heavy atom. The van der Waals surface area contributed by atoms with Crippen LogP contribution in [-0.2, 0) is 33.2 Å². The van der Waals surface area contributed by atoms with Gasteiger partial charge in [0.15, 0.2) is 18.9 Å². The molecule has 4 saturated carbocycles. The van der Waals surface area contributed by atoms with Crippen LogP contribution >= 0.6 is 0 Å². The average Bonchev–Trinajstić information content (AvgIpc) is 3.85. The molecule has 0 unspecified atom stereocenters. The Morgan fingerprint density at radius 2 is 1.20 bits per heavy atom. The molecule has 19 nitrogen and oxygen atoms in total. The average molecular weight is 949 g/mol. The summed E-state index contributed by atoms with van der Waals surface area (Å²) in [5.74, 6) is -0.564. The molecular formula is C47H80O19. The van der Waals surface area contributed by atoms with Crippen LogP contribution < -0.4 is 0 Å². The molecule has 8 rings (SSSR count). The van der Waals surface area contributed by atoms with Crippen molar-refractivity contribution in [2.24, 2.45) is 45.3 Å². The fourth-order valence-electron chi connectivity index (χ4n) is 15.3. The number of aliphatic hydroxyl groups is 12. The van der Waals surface area contributed by atoms with Crippen molar-refractivity contribution in [3.63, 3.8) is 0 Å². The highest BCUT2D eigenvalue weighted by Gasteiger charge is 2.74. The third-order valence-corrected chi connectivity index (χ3v) is 19.1. The van der Waals surface area contributed by atoms with E-state index in [1.165, 1.54) is 0 Å². The molecule has 26 atom stereocenters. The van der Waals surface area contributed by atoms with Gasteiger partial charge in [0.2, 0.25) is 0 Å². The van der Waals surface area contributed by atoms with Gasteiger partial charge in [0.25, 0.3) is 0 Å². The van der Waals surface area contributed by atoms with E-state index >= 15 is 0 Å². The summed E-state index contributed by atoms with van der Waals surface area (Å²) in [5.41, 5.74) is -3.83. The summed E-state index contributed by atoms with van der Waals surface area (Å²) < 4.78 is 43.9. The summed E-state index contributed by atoms with van der Waals surface area (Å²) in [6.07, 6.45) is -20.7. The molecule has 0 amide bonds. The maximum atomic E-state index is 12.5. The van der Waals surface area contributed by atoms with Gasteiger partial charge in [0.05, 0.1) is 55.4 Å². The second-order valence-corrected chi connectivity index (χ2v) is 23.6. The van der Waals surface area contributed by atoms with Crippen LogP contribution in [0.1, 0.15) is 107 Å². The summed E-state index contributed by atoms with van der Waals surface area (Å²) in [6, 6.07) is 0. The molecule has 8 fully saturated rings. The number of ether oxygens (including phenoxy) is 7. The van der Waals surface area contributed by atoms with Gasteiger partial charge in [-0.3, -0.25) is 0 Å². The highest BCUT2D eigenvalue weighted by molar-refractivity contribution is 5.22. The van der Waals surface area contributed by atoms with Gasteiger partial charge in [-0.05, 0) is 117 Å². The van der Waals surface area contributed by atoms with E-state index in [9.17, 15) is 61.3 Å². The fraction of sp³-hybridized carbons (Fsp3) is 1.00. The van der Waals surface area contributed by atoms with Gasteiger partial charge in [-0.1, -0.05) is 34.6 Å². The van der Waals surface area contributed by atoms with Crippen molar-refractivity contribution < 1.29 is 94.4 Å². The largest absolute Gasteiger partial charge is 0.394 e. The minimum absolute atomic E-state index is 0.00530. The molecule has 0 radical (unpaired) electrons. The topological polar surface area (TPSA) is 307 Å². The van der Waals surface area contributed by atoms with Gasteiger partial charge in [-0.25, -0.2) is 0 Å². The van der Waals surface area contributed by atoms with Crippen LogP contribution in [0.4, 0.5) is 0 Å². The van der Waals surface area contributed by atoms with Gasteiger partial charge in [0.1, 0.15) is 67.1 Å². The van der Waals surface area contributed by atoms with Gasteiger partial charge < -0.3 is 94.4 Å². The van der Waals surface area contributed by atoms with Crippen LogP contribution in [0.15, 0.2) is 0 Å². The number of hydrogen-bond acceptors (Lipinski definition) is 19. The van der Waals surface area contributed by atoms with E-state index in [2.05, 4.69) is 27.7 Å². The Kier molecular flexibility index (Phi) is 14.1. The summed E-state index contributed by atoms with van der Waals surface area (Å²) in [5, 5.41) is 133. The normalized spacial score (nSPS) is 56.4. The fourth-order valence-corrected chi connectivity index (χ4v) is 15.3. The molecule has 12 N–H and O–H groups in total. The van der Waals surface area contributed by atoms with Crippen molar-refractivity contribution in [3.8, 4) is 0 Å². The smallest absolute Gasteiger partial charge is 0.187 e. The first-order valence-corrected chi connectivity index (χ1v) is 24.3. The van der Waals surface area contributed by atoms with Gasteiger partial charge >= 0.3 is 0 Å². The van der Waals surface area contributed by atoms with Crippen LogP contribution in [0.2, 0.25) is 0 Å². The minimum atomic E-state index is -1.87. The van der Waals surface area contributed by atoms with Crippen molar-refractivity contribution in [3.05, 3.63) is 0 Å². The molecule has 0 aromatic heterocycles. The number of hydrogen-bond donors (Lipinski definition) is 12. The second-order valence-electron chi connectivity index (χ2n) is 23.6. The molecule has 0 spiro atoms. The number of aliphatic hydroxyl groups excluding tert-OH is 11. The lowest BCUT2D eigenvalue weighted by molar-refractivity contribution is -0.397. The predicted octanol–water partition coefficient (Wildman–Crippen LogP) is -1.21. The molecule has 0 bridgehead atoms. The van der Waals surface area contributed by atoms with E-state index in [0.29, 0.717) is 32.1 Å². The Hall–Kier alpha value is -0.760. The van der Waals surface area contributed by atoms with Gasteiger partial charge in [0, 0.05) is 0 Å². The predicted molar refractivity (Wildman–Crippen MR) is 228 cm³/mol. The SMILES string of the molecule is CC(C)(O)[C@@H]1CC[C@@](C)([C@H]2CC[C@]3(C)[C@H]2[C@@H](O)C[C@H]2[C@]4(C)CC[C@@H](O)C(C)(C)[C@@H]4[C@@H](O[C@H]4O[C@@H](CO)[C@@H](O)[C@H](O)[C@H]4O[C@H]4O[C@H](CO)[C@H](O)[C@@H](O)[C@H]4O[C@H]4OC[C@@H](O)[C@@H](O)[C@@H]4O)C[C@@]23C)O1. The molecular weight excluding hydrogens is 868 g/mol. The van der Waals surface area contributed by atoms with E-state index in [1.54, 1.807) is 13.8 Å². The summed E-state index contributed by atoms with van der Waals surface area (Å²) in [6.45, 7) is 14.5. The molecule has 8 aliphatic rings. The first kappa shape index (κ1) is 51.6. The first-order chi connectivity index (χ1) is 30.7. The zero-order chi connectivity index (χ0) is 48.4. The van der Waals surface area contributed by atoms with Crippen molar-refractivity contribution >= 4 is 0 Å². The van der Waals surface area contributed by atoms with E-state index in [0.717, 1.165) is 19.3 Å². The summed E-state index contributed by atoms with van der Waals surface area (Å²) >= 11 is 0. The Labute approximate surface area is 387 Å². The quantitative estimate of drug-likeness (QED) is 0.114. The maximum Gasteiger partial charge on any atom is 0.187 e. The Bertz CT molecular complexity index is 1700. The highest BCUT2D eigenvalue weighted by Crippen LogP contribution is 2.76. The minimum Gasteiger partial charge on any atom is -0.394 e. The van der Waals surface area contributed by atoms with E-state index in [1.807, 2.05) is 13.8 Å². The van der Waals surface area contributed by atoms with E-state index in [4.69, 9.17) is 33.2 Å². The number of fused-ring (bicyclic) bond motifs is 5. The summed E-state index contributed by atoms with van der Waals surface area (Å²) in [4.78, 5) is 0. The molecule has 66 heavy (non-hydrogen) atoms. The molecule has 19 heteroatoms. The number of rotatable bonds is 10. The standard InChI is InChI=1S/C47H80O19/c1-42(2)27(52)10-12-44(5)26-15-21(50)29-20(47(8)14-11-28(66-47)43(3,4)59)9-13-45(29,6)46(26,7)16-23(38(42)44)61-40-36(33(56)31(54)24(17-48)62-40)65-41-37(34(57)32(55)25(18-49)63-41)64-39-35(58)30(53)22(51)19-60-39/h20-41,48-59H,9-19H2,1-8H3/t20-,21-,22+,23-,24-,25+,26-,27+,28-,29+,30+,31+,32-,33-,34+,35-,36+,37+,38-,39+,40-,41+,44-,45+,46-,47-/m0/s1. The molecule has 4 aliphatic heterocycles. The highest BCUT2D eigenvalue weighted by atomic mass is 16.8. The zero-order valence-corrected chi connectivity index (χ0v) is 39.7. The van der Waals surface area contributed by atoms with E-state index in [-0.39, 0.29) is 29.8 Å². The maximum absolute atomic E-state index is 12.5. The van der Waals surface area contributed by atoms with Crippen LogP contribution in [0.3, 0.4) is 0 Å². The monoisotopic (exact) mass is 949 g/mol. The zero-order valence-electron chi connectivity index (χ0n) is 39.7. The molecule has 0 aromatic rings. The molecule has 4 heterocycles. The Balaban J connectivity index is 1.15. The molecule has 382 valence electrons. The van der Waals surface area contributed by atoms with Gasteiger partial charge in [-0.2, -0.15) is 0 Å². The lowest BCUT2D eigenvalue weighted by atomic mass is 9.34. The molecule has 0 aromatic carbocycles. The van der Waals surface area contributed by atoms with Crippen LogP contribution in [-0.4, -0.2) is 203 Å². The van der Waals surface area contributed by atoms with Crippen molar-refractivity contribution in [2.75, 3.05) is 19.8 Å². The van der Waals surface area contributed by atoms with Crippen LogP contribution in [0.5, 0.6) is 0 Å². The molecule has 4 saturated heterocycles. The second kappa shape index (κ2) is 18.1. The van der Waals surface area contributed by atoms with Crippen molar-refractivity contribution in [1.82, 2.24) is 0 Å². The lowest BCUT2D eigenvalue weighted by Gasteiger charge is -2.72. The van der Waals surface area contributed by atoms with Gasteiger partial charge in [-0.15, -0.1) is 0 Å². The van der Waals surface area contributed by atoms with Crippen LogP contribution in [0, 0.1) is 45.3 Å². The Morgan fingerprint density at radius 3 is 1.76 bits per heavy atom. The third-order valence-electron chi connectivity index (χ3n) is 19.1. The first-order valence-electron chi connectivity index (χ1n) is 24.3. The van der Waals surface area contributed by atoms with Crippen molar-refractivity contribution in [2.45, 2.75) is 228 Å². The third kappa shape index (κ3) is 8.16. The van der Waals surface area contributed by atoms with E-state index < -0.39 is 157 Å². The lowest BCUT2D eigenvalue weighted by Crippen LogP contribution is -2.71. The summed E-state index contributed by atoms with van der Waals surface area (Å²) in [7, 11) is 0.